The van der Waals surface area contributed by atoms with Crippen LogP contribution in [0.5, 0.6) is 0 Å². The maximum absolute atomic E-state index is 6.25. The van der Waals surface area contributed by atoms with Gasteiger partial charge in [0.2, 0.25) is 0 Å². The smallest absolute Gasteiger partial charge is 0.0835 e. The first kappa shape index (κ1) is 35.3. The van der Waals surface area contributed by atoms with Gasteiger partial charge < -0.3 is 5.73 Å². The van der Waals surface area contributed by atoms with Gasteiger partial charge in [-0.05, 0) is 104 Å². The Morgan fingerprint density at radius 3 is 2.02 bits per heavy atom. The number of hydrogen-bond acceptors (Lipinski definition) is 2. The van der Waals surface area contributed by atoms with Gasteiger partial charge in [0, 0.05) is 0 Å². The van der Waals surface area contributed by atoms with Crippen LogP contribution >= 0.6 is 0 Å². The molecule has 2 aromatic rings. The van der Waals surface area contributed by atoms with Crippen molar-refractivity contribution in [2.45, 2.75) is 106 Å². The van der Waals surface area contributed by atoms with Crippen molar-refractivity contribution in [2.75, 3.05) is 13.1 Å². The highest BCUT2D eigenvalue weighted by Crippen LogP contribution is 2.23. The molecule has 40 heavy (non-hydrogen) atoms. The minimum absolute atomic E-state index is 0.0955. The molecule has 2 nitrogen and oxygen atoms in total. The highest BCUT2D eigenvalue weighted by atomic mass is 15.2. The maximum Gasteiger partial charge on any atom is 0.0835 e. The van der Waals surface area contributed by atoms with E-state index in [0.717, 1.165) is 38.8 Å². The number of likely N-dealkylation sites (tertiary alicyclic amines) is 1. The molecule has 0 spiro atoms. The van der Waals surface area contributed by atoms with Crippen LogP contribution in [0, 0.1) is 0 Å². The van der Waals surface area contributed by atoms with Gasteiger partial charge >= 0.3 is 0 Å². The number of hydrogen-bond donors (Lipinski definition) is 1. The molecule has 0 amide bonds. The van der Waals surface area contributed by atoms with Gasteiger partial charge in [-0.2, -0.15) is 0 Å². The summed E-state index contributed by atoms with van der Waals surface area (Å²) in [6.45, 7) is 21.1. The Hall–Kier alpha value is -2.68. The standard InChI is InChI=1S/C20H24.C14H22N2.2C2H6/c1-4-8-16(2)20-13-11-18(12-14-20)15-17(3)19-9-6-5-7-10-19;1-2-5-12-6-8-13(9-7-12)14(15)16-10-3-4-11-16;2*1-2/h6,8-14H,3-5,7,15H2,1-2H3;6-9,14H,2-5,10-11,15H2,1H3;2*1-2H3/b16-8-;;;. The fraction of sp³-hybridized carbons (Fsp3) is 0.474. The summed E-state index contributed by atoms with van der Waals surface area (Å²) < 4.78 is 0. The summed E-state index contributed by atoms with van der Waals surface area (Å²) in [5.41, 5.74) is 15.5. The topological polar surface area (TPSA) is 29.3 Å². The fourth-order valence-corrected chi connectivity index (χ4v) is 4.93. The normalized spacial score (nSPS) is 15.4. The van der Waals surface area contributed by atoms with E-state index >= 15 is 0 Å². The molecule has 0 saturated carbocycles. The van der Waals surface area contributed by atoms with E-state index in [9.17, 15) is 0 Å². The summed E-state index contributed by atoms with van der Waals surface area (Å²) >= 11 is 0. The molecule has 1 aliphatic heterocycles. The third kappa shape index (κ3) is 12.2. The van der Waals surface area contributed by atoms with E-state index in [1.54, 1.807) is 0 Å². The van der Waals surface area contributed by atoms with Crippen LogP contribution in [0.25, 0.3) is 5.57 Å². The lowest BCUT2D eigenvalue weighted by Crippen LogP contribution is -2.31. The predicted octanol–water partition coefficient (Wildman–Crippen LogP) is 10.6. The minimum atomic E-state index is 0.0955. The zero-order valence-electron chi connectivity index (χ0n) is 26.8. The Bertz CT molecular complexity index is 1030. The van der Waals surface area contributed by atoms with Gasteiger partial charge in [-0.1, -0.05) is 127 Å². The first-order valence-electron chi connectivity index (χ1n) is 15.9. The lowest BCUT2D eigenvalue weighted by molar-refractivity contribution is 0.251. The number of rotatable bonds is 9. The summed E-state index contributed by atoms with van der Waals surface area (Å²) in [7, 11) is 0. The quantitative estimate of drug-likeness (QED) is 0.341. The van der Waals surface area contributed by atoms with Crippen LogP contribution in [0.15, 0.2) is 90.6 Å². The van der Waals surface area contributed by atoms with Crippen molar-refractivity contribution < 1.29 is 0 Å². The van der Waals surface area contributed by atoms with Crippen molar-refractivity contribution >= 4 is 5.57 Å². The number of benzene rings is 2. The van der Waals surface area contributed by atoms with Crippen LogP contribution < -0.4 is 5.73 Å². The Kier molecular flexibility index (Phi) is 18.7. The van der Waals surface area contributed by atoms with E-state index < -0.39 is 0 Å². The largest absolute Gasteiger partial charge is 0.312 e. The molecule has 1 heterocycles. The molecule has 1 atom stereocenters. The van der Waals surface area contributed by atoms with Crippen molar-refractivity contribution in [1.82, 2.24) is 4.90 Å². The summed E-state index contributed by atoms with van der Waals surface area (Å²) in [4.78, 5) is 2.37. The van der Waals surface area contributed by atoms with E-state index in [1.165, 1.54) is 64.7 Å². The molecule has 2 aromatic carbocycles. The average Bonchev–Trinajstić information content (AvgIpc) is 3.56. The molecule has 4 rings (SSSR count). The lowest BCUT2D eigenvalue weighted by atomic mass is 9.94. The Labute approximate surface area is 247 Å². The molecule has 2 aliphatic rings. The van der Waals surface area contributed by atoms with Gasteiger partial charge in [-0.3, -0.25) is 4.90 Å². The van der Waals surface area contributed by atoms with Gasteiger partial charge in [0.25, 0.3) is 0 Å². The fourth-order valence-electron chi connectivity index (χ4n) is 4.93. The third-order valence-electron chi connectivity index (χ3n) is 7.13. The number of allylic oxidation sites excluding steroid dienone is 7. The molecule has 2 N–H and O–H groups in total. The van der Waals surface area contributed by atoms with Crippen LogP contribution in [-0.2, 0) is 12.8 Å². The van der Waals surface area contributed by atoms with Crippen molar-refractivity contribution in [2.24, 2.45) is 5.73 Å². The Balaban J connectivity index is 0.000000362. The molecule has 1 aliphatic carbocycles. The second-order valence-electron chi connectivity index (χ2n) is 10.1. The zero-order valence-corrected chi connectivity index (χ0v) is 26.8. The van der Waals surface area contributed by atoms with E-state index in [0.29, 0.717) is 0 Å². The predicted molar refractivity (Wildman–Crippen MR) is 181 cm³/mol. The van der Waals surface area contributed by atoms with Crippen LogP contribution in [0.2, 0.25) is 0 Å². The van der Waals surface area contributed by atoms with Crippen LogP contribution in [0.4, 0.5) is 0 Å². The molecule has 2 heteroatoms. The molecule has 0 bridgehead atoms. The second kappa shape index (κ2) is 21.1. The van der Waals surface area contributed by atoms with Gasteiger partial charge in [0.1, 0.15) is 0 Å². The van der Waals surface area contributed by atoms with Crippen molar-refractivity contribution in [3.8, 4) is 0 Å². The van der Waals surface area contributed by atoms with Crippen LogP contribution in [0.1, 0.15) is 115 Å². The van der Waals surface area contributed by atoms with Crippen molar-refractivity contribution in [1.29, 1.82) is 0 Å². The molecule has 1 unspecified atom stereocenters. The van der Waals surface area contributed by atoms with E-state index in [1.807, 2.05) is 27.7 Å². The highest BCUT2D eigenvalue weighted by Gasteiger charge is 2.19. The van der Waals surface area contributed by atoms with Gasteiger partial charge in [-0.25, -0.2) is 0 Å². The first-order valence-corrected chi connectivity index (χ1v) is 15.9. The Morgan fingerprint density at radius 1 is 0.900 bits per heavy atom. The summed E-state index contributed by atoms with van der Waals surface area (Å²) in [6, 6.07) is 17.7. The monoisotopic (exact) mass is 542 g/mol. The lowest BCUT2D eigenvalue weighted by Gasteiger charge is -2.23. The third-order valence-corrected chi connectivity index (χ3v) is 7.13. The molecule has 220 valence electrons. The van der Waals surface area contributed by atoms with Gasteiger partial charge in [0.15, 0.2) is 0 Å². The Morgan fingerprint density at radius 2 is 1.50 bits per heavy atom. The number of aryl methyl sites for hydroxylation is 1. The van der Waals surface area contributed by atoms with E-state index in [-0.39, 0.29) is 6.17 Å². The molecule has 0 aromatic heterocycles. The van der Waals surface area contributed by atoms with Crippen LogP contribution in [0.3, 0.4) is 0 Å². The second-order valence-corrected chi connectivity index (χ2v) is 10.1. The minimum Gasteiger partial charge on any atom is -0.312 e. The summed E-state index contributed by atoms with van der Waals surface area (Å²) in [5.74, 6) is 0. The molecule has 1 fully saturated rings. The van der Waals surface area contributed by atoms with Crippen molar-refractivity contribution in [3.63, 3.8) is 0 Å². The first-order chi connectivity index (χ1) is 19.5. The van der Waals surface area contributed by atoms with Gasteiger partial charge in [-0.15, -0.1) is 0 Å². The van der Waals surface area contributed by atoms with Crippen molar-refractivity contribution in [3.05, 3.63) is 113 Å². The molecule has 1 saturated heterocycles. The SMILES string of the molecule is C=C(Cc1ccc(/C(C)=C\CC)cc1)C1=CCCC=C1.CC.CC.CCCc1ccc(C(N)N2CCCC2)cc1. The van der Waals surface area contributed by atoms with Crippen LogP contribution in [-0.4, -0.2) is 18.0 Å². The molecule has 0 radical (unpaired) electrons. The molecular weight excluding hydrogens is 484 g/mol. The summed E-state index contributed by atoms with van der Waals surface area (Å²) in [6.07, 6.45) is 18.4. The van der Waals surface area contributed by atoms with Gasteiger partial charge in [0.05, 0.1) is 6.17 Å². The average molecular weight is 543 g/mol. The number of nitrogens with zero attached hydrogens (tertiary/aromatic N) is 1. The number of nitrogens with two attached hydrogens (primary N) is 1. The highest BCUT2D eigenvalue weighted by molar-refractivity contribution is 5.63. The maximum atomic E-state index is 6.25. The summed E-state index contributed by atoms with van der Waals surface area (Å²) in [5, 5.41) is 0. The molecular formula is C38H58N2. The van der Waals surface area contributed by atoms with E-state index in [2.05, 4.69) is 105 Å². The zero-order chi connectivity index (χ0) is 29.8. The van der Waals surface area contributed by atoms with E-state index in [4.69, 9.17) is 5.73 Å².